The molecule has 0 aliphatic carbocycles. The monoisotopic (exact) mass is 357 g/mol. The number of ether oxygens (including phenoxy) is 3. The molecule has 0 radical (unpaired) electrons. The maximum Gasteiger partial charge on any atom is 0.338 e. The Morgan fingerprint density at radius 2 is 1.81 bits per heavy atom. The van der Waals surface area contributed by atoms with Crippen molar-refractivity contribution in [3.05, 3.63) is 53.6 Å². The normalized spacial score (nSPS) is 11.4. The third-order valence-corrected chi connectivity index (χ3v) is 3.75. The minimum atomic E-state index is -0.753. The first-order valence-electron chi connectivity index (χ1n) is 8.34. The summed E-state index contributed by atoms with van der Waals surface area (Å²) in [5.41, 5.74) is 1.75. The molecule has 2 aromatic rings. The van der Waals surface area contributed by atoms with Gasteiger partial charge < -0.3 is 19.5 Å². The smallest absolute Gasteiger partial charge is 0.338 e. The number of amides is 1. The van der Waals surface area contributed by atoms with Gasteiger partial charge in [0.25, 0.3) is 5.91 Å². The molecule has 2 rings (SSSR count). The molecular weight excluding hydrogens is 334 g/mol. The van der Waals surface area contributed by atoms with Gasteiger partial charge in [0.2, 0.25) is 0 Å². The molecule has 0 unspecified atom stereocenters. The van der Waals surface area contributed by atoms with Crippen LogP contribution in [0.25, 0.3) is 0 Å². The van der Waals surface area contributed by atoms with Crippen LogP contribution in [0.15, 0.2) is 42.5 Å². The topological polar surface area (TPSA) is 73.9 Å². The summed E-state index contributed by atoms with van der Waals surface area (Å²) < 4.78 is 15.9. The van der Waals surface area contributed by atoms with E-state index in [1.807, 2.05) is 13.0 Å². The molecule has 26 heavy (non-hydrogen) atoms. The first-order valence-corrected chi connectivity index (χ1v) is 8.34. The number of hydrogen-bond acceptors (Lipinski definition) is 5. The van der Waals surface area contributed by atoms with Crippen LogP contribution >= 0.6 is 0 Å². The van der Waals surface area contributed by atoms with Crippen molar-refractivity contribution in [3.8, 4) is 11.5 Å². The van der Waals surface area contributed by atoms with E-state index in [9.17, 15) is 9.59 Å². The highest BCUT2D eigenvalue weighted by Crippen LogP contribution is 2.27. The highest BCUT2D eigenvalue weighted by Gasteiger charge is 2.18. The Labute approximate surface area is 153 Å². The van der Waals surface area contributed by atoms with Gasteiger partial charge >= 0.3 is 5.97 Å². The SMILES string of the molecule is CCOC(=O)c1ccc(C)c(NC(=O)[C@@H](C)Oc2ccccc2OC)c1. The molecule has 0 saturated heterocycles. The van der Waals surface area contributed by atoms with Crippen molar-refractivity contribution < 1.29 is 23.8 Å². The second-order valence-corrected chi connectivity index (χ2v) is 5.65. The molecule has 0 fully saturated rings. The zero-order valence-corrected chi connectivity index (χ0v) is 15.4. The maximum absolute atomic E-state index is 12.5. The summed E-state index contributed by atoms with van der Waals surface area (Å²) in [5, 5.41) is 2.79. The molecule has 0 heterocycles. The molecule has 2 aromatic carbocycles. The highest BCUT2D eigenvalue weighted by molar-refractivity contribution is 5.97. The number of carbonyl (C=O) groups is 2. The van der Waals surface area contributed by atoms with Crippen LogP contribution in [0.2, 0.25) is 0 Å². The molecule has 0 aliphatic heterocycles. The Balaban J connectivity index is 2.11. The molecule has 6 nitrogen and oxygen atoms in total. The Kier molecular flexibility index (Phi) is 6.60. The highest BCUT2D eigenvalue weighted by atomic mass is 16.5. The Morgan fingerprint density at radius 3 is 2.46 bits per heavy atom. The van der Waals surface area contributed by atoms with Gasteiger partial charge in [0.05, 0.1) is 19.3 Å². The zero-order chi connectivity index (χ0) is 19.1. The number of esters is 1. The summed E-state index contributed by atoms with van der Waals surface area (Å²) in [7, 11) is 1.54. The first-order chi connectivity index (χ1) is 12.5. The summed E-state index contributed by atoms with van der Waals surface area (Å²) in [6.07, 6.45) is -0.753. The third kappa shape index (κ3) is 4.75. The van der Waals surface area contributed by atoms with Crippen LogP contribution in [-0.2, 0) is 9.53 Å². The van der Waals surface area contributed by atoms with Gasteiger partial charge in [-0.05, 0) is 50.6 Å². The molecule has 1 atom stereocenters. The van der Waals surface area contributed by atoms with E-state index in [0.29, 0.717) is 22.7 Å². The number of carbonyl (C=O) groups excluding carboxylic acids is 2. The van der Waals surface area contributed by atoms with Crippen LogP contribution in [0.4, 0.5) is 5.69 Å². The van der Waals surface area contributed by atoms with Crippen molar-refractivity contribution in [2.24, 2.45) is 0 Å². The van der Waals surface area contributed by atoms with Crippen LogP contribution in [0.5, 0.6) is 11.5 Å². The fourth-order valence-corrected chi connectivity index (χ4v) is 2.29. The van der Waals surface area contributed by atoms with Crippen molar-refractivity contribution in [1.29, 1.82) is 0 Å². The van der Waals surface area contributed by atoms with E-state index in [4.69, 9.17) is 14.2 Å². The van der Waals surface area contributed by atoms with E-state index in [1.54, 1.807) is 50.2 Å². The number of para-hydroxylation sites is 2. The summed E-state index contributed by atoms with van der Waals surface area (Å²) in [6, 6.07) is 12.1. The predicted molar refractivity (Wildman–Crippen MR) is 98.8 cm³/mol. The van der Waals surface area contributed by atoms with Crippen molar-refractivity contribution in [1.82, 2.24) is 0 Å². The number of methoxy groups -OCH3 is 1. The number of rotatable bonds is 7. The number of anilines is 1. The van der Waals surface area contributed by atoms with Gasteiger partial charge in [0.1, 0.15) is 0 Å². The lowest BCUT2D eigenvalue weighted by atomic mass is 10.1. The minimum Gasteiger partial charge on any atom is -0.493 e. The zero-order valence-electron chi connectivity index (χ0n) is 15.4. The maximum atomic E-state index is 12.5. The third-order valence-electron chi connectivity index (χ3n) is 3.75. The number of hydrogen-bond donors (Lipinski definition) is 1. The quantitative estimate of drug-likeness (QED) is 0.767. The number of nitrogens with one attached hydrogen (secondary N) is 1. The van der Waals surface area contributed by atoms with Crippen molar-refractivity contribution in [2.75, 3.05) is 19.0 Å². The Hall–Kier alpha value is -3.02. The van der Waals surface area contributed by atoms with E-state index in [0.717, 1.165) is 5.56 Å². The molecule has 0 aromatic heterocycles. The van der Waals surface area contributed by atoms with Gasteiger partial charge in [-0.2, -0.15) is 0 Å². The average molecular weight is 357 g/mol. The molecular formula is C20H23NO5. The fraction of sp³-hybridized carbons (Fsp3) is 0.300. The van der Waals surface area contributed by atoms with Gasteiger partial charge in [-0.1, -0.05) is 18.2 Å². The van der Waals surface area contributed by atoms with Gasteiger partial charge in [-0.15, -0.1) is 0 Å². The molecule has 1 N–H and O–H groups in total. The molecule has 0 bridgehead atoms. The Morgan fingerprint density at radius 1 is 1.12 bits per heavy atom. The fourth-order valence-electron chi connectivity index (χ4n) is 2.29. The van der Waals surface area contributed by atoms with Crippen LogP contribution in [0.3, 0.4) is 0 Å². The van der Waals surface area contributed by atoms with Crippen molar-refractivity contribution in [3.63, 3.8) is 0 Å². The summed E-state index contributed by atoms with van der Waals surface area (Å²) in [6.45, 7) is 5.52. The molecule has 0 spiro atoms. The van der Waals surface area contributed by atoms with Crippen LogP contribution in [0.1, 0.15) is 29.8 Å². The van der Waals surface area contributed by atoms with Crippen molar-refractivity contribution >= 4 is 17.6 Å². The van der Waals surface area contributed by atoms with Crippen LogP contribution in [-0.4, -0.2) is 31.7 Å². The molecule has 0 aliphatic rings. The molecule has 6 heteroatoms. The Bertz CT molecular complexity index is 788. The average Bonchev–Trinajstić information content (AvgIpc) is 2.64. The van der Waals surface area contributed by atoms with E-state index in [-0.39, 0.29) is 12.5 Å². The second kappa shape index (κ2) is 8.89. The van der Waals surface area contributed by atoms with Crippen molar-refractivity contribution in [2.45, 2.75) is 26.9 Å². The minimum absolute atomic E-state index is 0.290. The number of aryl methyl sites for hydroxylation is 1. The molecule has 0 saturated carbocycles. The second-order valence-electron chi connectivity index (χ2n) is 5.65. The lowest BCUT2D eigenvalue weighted by Crippen LogP contribution is -2.30. The van der Waals surface area contributed by atoms with E-state index >= 15 is 0 Å². The molecule has 1 amide bonds. The van der Waals surface area contributed by atoms with Gasteiger partial charge in [0.15, 0.2) is 17.6 Å². The number of benzene rings is 2. The van der Waals surface area contributed by atoms with Crippen LogP contribution < -0.4 is 14.8 Å². The first kappa shape index (κ1) is 19.3. The lowest BCUT2D eigenvalue weighted by Gasteiger charge is -2.17. The van der Waals surface area contributed by atoms with E-state index in [1.165, 1.54) is 7.11 Å². The standard InChI is InChI=1S/C20H23NO5/c1-5-25-20(23)15-11-10-13(2)16(12-15)21-19(22)14(3)26-18-9-7-6-8-17(18)24-4/h6-12,14H,5H2,1-4H3,(H,21,22)/t14-/m1/s1. The summed E-state index contributed by atoms with van der Waals surface area (Å²) in [5.74, 6) is 0.267. The lowest BCUT2D eigenvalue weighted by molar-refractivity contribution is -0.122. The summed E-state index contributed by atoms with van der Waals surface area (Å²) in [4.78, 5) is 24.3. The molecule has 138 valence electrons. The van der Waals surface area contributed by atoms with Gasteiger partial charge in [-0.3, -0.25) is 4.79 Å². The van der Waals surface area contributed by atoms with E-state index < -0.39 is 12.1 Å². The van der Waals surface area contributed by atoms with E-state index in [2.05, 4.69) is 5.32 Å². The summed E-state index contributed by atoms with van der Waals surface area (Å²) >= 11 is 0. The van der Waals surface area contributed by atoms with Crippen LogP contribution in [0, 0.1) is 6.92 Å². The predicted octanol–water partition coefficient (Wildman–Crippen LogP) is 3.59. The van der Waals surface area contributed by atoms with Gasteiger partial charge in [0, 0.05) is 5.69 Å². The largest absolute Gasteiger partial charge is 0.493 e. The van der Waals surface area contributed by atoms with Gasteiger partial charge in [-0.25, -0.2) is 4.79 Å².